The topological polar surface area (TPSA) is 59.3 Å². The second kappa shape index (κ2) is 7.36. The van der Waals surface area contributed by atoms with Gasteiger partial charge < -0.3 is 9.67 Å². The van der Waals surface area contributed by atoms with Crippen molar-refractivity contribution in [3.63, 3.8) is 0 Å². The van der Waals surface area contributed by atoms with Crippen LogP contribution in [0.5, 0.6) is 0 Å². The predicted octanol–water partition coefficient (Wildman–Crippen LogP) is 4.86. The summed E-state index contributed by atoms with van der Waals surface area (Å²) in [5.41, 5.74) is 3.30. The summed E-state index contributed by atoms with van der Waals surface area (Å²) in [6.07, 6.45) is -0.127. The minimum Gasteiger partial charge on any atom is -0.481 e. The maximum atomic E-state index is 12.7. The number of benzene rings is 2. The molecular formula is C20H15Cl2NO3. The molecule has 3 aromatic rings. The molecule has 0 aliphatic carbocycles. The minimum absolute atomic E-state index is 0.127. The van der Waals surface area contributed by atoms with Gasteiger partial charge in [-0.25, -0.2) is 0 Å². The van der Waals surface area contributed by atoms with Gasteiger partial charge in [-0.15, -0.1) is 0 Å². The Bertz CT molecular complexity index is 971. The standard InChI is InChI=1S/C20H15Cl2NO3/c1-23-17(11-19(24)25)6-7-18(23)20(26)13-4-2-12(3-5-13)14-8-15(21)10-16(22)9-14/h2-10H,11H2,1H3,(H,24,25). The molecule has 2 aromatic carbocycles. The lowest BCUT2D eigenvalue weighted by molar-refractivity contribution is -0.136. The number of hydrogen-bond acceptors (Lipinski definition) is 2. The number of nitrogens with zero attached hydrogens (tertiary/aromatic N) is 1. The molecule has 3 rings (SSSR count). The van der Waals surface area contributed by atoms with E-state index in [1.165, 1.54) is 0 Å². The van der Waals surface area contributed by atoms with E-state index in [0.29, 0.717) is 27.0 Å². The Morgan fingerprint density at radius 2 is 1.54 bits per heavy atom. The number of hydrogen-bond donors (Lipinski definition) is 1. The summed E-state index contributed by atoms with van der Waals surface area (Å²) in [4.78, 5) is 23.6. The van der Waals surface area contributed by atoms with E-state index in [1.54, 1.807) is 54.1 Å². The molecule has 1 heterocycles. The summed E-state index contributed by atoms with van der Waals surface area (Å²) in [5, 5.41) is 10.0. The van der Waals surface area contributed by atoms with Crippen LogP contribution >= 0.6 is 23.2 Å². The second-order valence-corrected chi connectivity index (χ2v) is 6.78. The number of aliphatic carboxylic acids is 1. The smallest absolute Gasteiger partial charge is 0.309 e. The number of carbonyl (C=O) groups excluding carboxylic acids is 1. The van der Waals surface area contributed by atoms with Crippen molar-refractivity contribution in [3.05, 3.63) is 81.6 Å². The third-order valence-electron chi connectivity index (χ3n) is 4.13. The van der Waals surface area contributed by atoms with Gasteiger partial charge in [-0.2, -0.15) is 0 Å². The first-order valence-electron chi connectivity index (χ1n) is 7.83. The lowest BCUT2D eigenvalue weighted by Gasteiger charge is -2.08. The molecule has 0 saturated carbocycles. The van der Waals surface area contributed by atoms with Gasteiger partial charge in [0.05, 0.1) is 12.1 Å². The van der Waals surface area contributed by atoms with Crippen LogP contribution in [-0.4, -0.2) is 21.4 Å². The first-order chi connectivity index (χ1) is 12.3. The van der Waals surface area contributed by atoms with Crippen molar-refractivity contribution < 1.29 is 14.7 Å². The summed E-state index contributed by atoms with van der Waals surface area (Å²) >= 11 is 12.1. The number of carbonyl (C=O) groups is 2. The van der Waals surface area contributed by atoms with E-state index < -0.39 is 5.97 Å². The van der Waals surface area contributed by atoms with Crippen LogP contribution < -0.4 is 0 Å². The molecule has 0 radical (unpaired) electrons. The van der Waals surface area contributed by atoms with Crippen LogP contribution in [0.3, 0.4) is 0 Å². The lowest BCUT2D eigenvalue weighted by Crippen LogP contribution is -2.11. The third kappa shape index (κ3) is 3.82. The van der Waals surface area contributed by atoms with E-state index in [9.17, 15) is 9.59 Å². The molecule has 0 atom stereocenters. The molecule has 0 aliphatic heterocycles. The first kappa shape index (κ1) is 18.2. The van der Waals surface area contributed by atoms with Crippen molar-refractivity contribution in [2.75, 3.05) is 0 Å². The lowest BCUT2D eigenvalue weighted by atomic mass is 10.0. The highest BCUT2D eigenvalue weighted by Crippen LogP contribution is 2.27. The zero-order valence-corrected chi connectivity index (χ0v) is 15.4. The van der Waals surface area contributed by atoms with Gasteiger partial charge in [0, 0.05) is 28.4 Å². The molecule has 4 nitrogen and oxygen atoms in total. The fourth-order valence-electron chi connectivity index (χ4n) is 2.80. The van der Waals surface area contributed by atoms with Gasteiger partial charge in [0.15, 0.2) is 0 Å². The van der Waals surface area contributed by atoms with Crippen LogP contribution in [0, 0.1) is 0 Å². The summed E-state index contributed by atoms with van der Waals surface area (Å²) in [6.45, 7) is 0. The van der Waals surface area contributed by atoms with Crippen LogP contribution in [-0.2, 0) is 18.3 Å². The molecule has 0 amide bonds. The summed E-state index contributed by atoms with van der Waals surface area (Å²) in [6, 6.07) is 15.7. The van der Waals surface area contributed by atoms with E-state index in [1.807, 2.05) is 12.1 Å². The molecule has 6 heteroatoms. The molecule has 0 spiro atoms. The van der Waals surface area contributed by atoms with Crippen molar-refractivity contribution >= 4 is 35.0 Å². The van der Waals surface area contributed by atoms with Crippen molar-refractivity contribution in [2.24, 2.45) is 7.05 Å². The Hall–Kier alpha value is -2.56. The fraction of sp³-hybridized carbons (Fsp3) is 0.100. The summed E-state index contributed by atoms with van der Waals surface area (Å²) < 4.78 is 1.61. The van der Waals surface area contributed by atoms with Crippen molar-refractivity contribution in [1.82, 2.24) is 4.57 Å². The first-order valence-corrected chi connectivity index (χ1v) is 8.58. The predicted molar refractivity (Wildman–Crippen MR) is 102 cm³/mol. The van der Waals surface area contributed by atoms with E-state index in [0.717, 1.165) is 11.1 Å². The maximum absolute atomic E-state index is 12.7. The Morgan fingerprint density at radius 3 is 2.12 bits per heavy atom. The largest absolute Gasteiger partial charge is 0.481 e. The summed E-state index contributed by atoms with van der Waals surface area (Å²) in [7, 11) is 1.69. The quantitative estimate of drug-likeness (QED) is 0.636. The van der Waals surface area contributed by atoms with Gasteiger partial charge in [0.2, 0.25) is 5.78 Å². The number of carboxylic acids is 1. The fourth-order valence-corrected chi connectivity index (χ4v) is 3.32. The molecule has 0 unspecified atom stereocenters. The molecule has 132 valence electrons. The van der Waals surface area contributed by atoms with Crippen LogP contribution in [0.2, 0.25) is 10.0 Å². The molecule has 0 fully saturated rings. The Kier molecular flexibility index (Phi) is 5.16. The van der Waals surface area contributed by atoms with Crippen LogP contribution in [0.15, 0.2) is 54.6 Å². The molecular weight excluding hydrogens is 373 g/mol. The van der Waals surface area contributed by atoms with E-state index in [-0.39, 0.29) is 12.2 Å². The van der Waals surface area contributed by atoms with Gasteiger partial charge in [0.1, 0.15) is 0 Å². The number of ketones is 1. The van der Waals surface area contributed by atoms with Crippen LogP contribution in [0.1, 0.15) is 21.7 Å². The van der Waals surface area contributed by atoms with Crippen molar-refractivity contribution in [3.8, 4) is 11.1 Å². The zero-order chi connectivity index (χ0) is 18.8. The number of aromatic nitrogens is 1. The van der Waals surface area contributed by atoms with Gasteiger partial charge in [-0.3, -0.25) is 9.59 Å². The van der Waals surface area contributed by atoms with Crippen LogP contribution in [0.4, 0.5) is 0 Å². The van der Waals surface area contributed by atoms with Gasteiger partial charge >= 0.3 is 5.97 Å². The third-order valence-corrected chi connectivity index (χ3v) is 4.57. The second-order valence-electron chi connectivity index (χ2n) is 5.90. The highest BCUT2D eigenvalue weighted by Gasteiger charge is 2.16. The Morgan fingerprint density at radius 1 is 0.923 bits per heavy atom. The Labute approximate surface area is 160 Å². The Balaban J connectivity index is 1.88. The average Bonchev–Trinajstić information content (AvgIpc) is 2.93. The average molecular weight is 388 g/mol. The van der Waals surface area contributed by atoms with Gasteiger partial charge in [-0.05, 0) is 41.5 Å². The minimum atomic E-state index is -0.935. The molecule has 0 aliphatic rings. The van der Waals surface area contributed by atoms with Gasteiger partial charge in [0.25, 0.3) is 0 Å². The number of halogens is 2. The zero-order valence-electron chi connectivity index (χ0n) is 13.9. The molecule has 1 N–H and O–H groups in total. The highest BCUT2D eigenvalue weighted by molar-refractivity contribution is 6.35. The van der Waals surface area contributed by atoms with E-state index >= 15 is 0 Å². The molecule has 26 heavy (non-hydrogen) atoms. The summed E-state index contributed by atoms with van der Waals surface area (Å²) in [5.74, 6) is -1.10. The maximum Gasteiger partial charge on any atom is 0.309 e. The molecule has 0 saturated heterocycles. The SMILES string of the molecule is Cn1c(CC(=O)O)ccc1C(=O)c1ccc(-c2cc(Cl)cc(Cl)c2)cc1. The normalized spacial score (nSPS) is 10.7. The highest BCUT2D eigenvalue weighted by atomic mass is 35.5. The van der Waals surface area contributed by atoms with Crippen molar-refractivity contribution in [2.45, 2.75) is 6.42 Å². The van der Waals surface area contributed by atoms with Crippen molar-refractivity contribution in [1.29, 1.82) is 0 Å². The monoisotopic (exact) mass is 387 g/mol. The van der Waals surface area contributed by atoms with Gasteiger partial charge in [-0.1, -0.05) is 47.5 Å². The molecule has 0 bridgehead atoms. The number of rotatable bonds is 5. The van der Waals surface area contributed by atoms with Crippen LogP contribution in [0.25, 0.3) is 11.1 Å². The van der Waals surface area contributed by atoms with E-state index in [2.05, 4.69) is 0 Å². The van der Waals surface area contributed by atoms with E-state index in [4.69, 9.17) is 28.3 Å². The molecule has 1 aromatic heterocycles. The number of carboxylic acid groups (broad SMARTS) is 1.